The van der Waals surface area contributed by atoms with Crippen LogP contribution in [-0.2, 0) is 10.0 Å². The number of rotatable bonds is 3. The van der Waals surface area contributed by atoms with E-state index in [1.165, 1.54) is 20.1 Å². The van der Waals surface area contributed by atoms with Gasteiger partial charge >= 0.3 is 0 Å². The molecule has 2 rings (SSSR count). The maximum atomic E-state index is 12.1. The zero-order chi connectivity index (χ0) is 15.1. The van der Waals surface area contributed by atoms with E-state index in [0.29, 0.717) is 11.0 Å². The second kappa shape index (κ2) is 4.94. The fourth-order valence-corrected chi connectivity index (χ4v) is 2.37. The Morgan fingerprint density at radius 2 is 1.80 bits per heavy atom. The standard InChI is InChI=1S/C14H17NO4S/c1-8(2)20(17,18)15-14(16)12-7-19-13-6-10(4)9(3)5-11(12)13/h5-8H,1-4H3,(H,15,16). The third-order valence-corrected chi connectivity index (χ3v) is 5.00. The zero-order valence-electron chi connectivity index (χ0n) is 11.9. The van der Waals surface area contributed by atoms with E-state index in [0.717, 1.165) is 11.1 Å². The number of furan rings is 1. The first kappa shape index (κ1) is 14.6. The van der Waals surface area contributed by atoms with E-state index in [1.54, 1.807) is 0 Å². The molecule has 0 aliphatic rings. The number of fused-ring (bicyclic) bond motifs is 1. The first-order chi connectivity index (χ1) is 9.22. The van der Waals surface area contributed by atoms with Crippen molar-refractivity contribution in [3.63, 3.8) is 0 Å². The van der Waals surface area contributed by atoms with E-state index in [9.17, 15) is 13.2 Å². The number of aryl methyl sites for hydroxylation is 2. The highest BCUT2D eigenvalue weighted by molar-refractivity contribution is 7.90. The highest BCUT2D eigenvalue weighted by Gasteiger charge is 2.22. The smallest absolute Gasteiger partial charge is 0.268 e. The molecule has 0 radical (unpaired) electrons. The summed E-state index contributed by atoms with van der Waals surface area (Å²) >= 11 is 0. The van der Waals surface area contributed by atoms with Crippen molar-refractivity contribution in [2.45, 2.75) is 32.9 Å². The van der Waals surface area contributed by atoms with Crippen LogP contribution in [0.15, 0.2) is 22.8 Å². The summed E-state index contributed by atoms with van der Waals surface area (Å²) in [6.45, 7) is 6.89. The third kappa shape index (κ3) is 2.56. The Morgan fingerprint density at radius 3 is 2.40 bits per heavy atom. The van der Waals surface area contributed by atoms with Gasteiger partial charge in [-0.3, -0.25) is 4.79 Å². The summed E-state index contributed by atoms with van der Waals surface area (Å²) in [5.41, 5.74) is 2.86. The molecule has 0 atom stereocenters. The van der Waals surface area contributed by atoms with Gasteiger partial charge in [0.2, 0.25) is 10.0 Å². The van der Waals surface area contributed by atoms with Gasteiger partial charge in [-0.15, -0.1) is 0 Å². The van der Waals surface area contributed by atoms with E-state index >= 15 is 0 Å². The average Bonchev–Trinajstić information content (AvgIpc) is 2.72. The summed E-state index contributed by atoms with van der Waals surface area (Å²) in [6.07, 6.45) is 1.29. The van der Waals surface area contributed by atoms with E-state index in [1.807, 2.05) is 26.0 Å². The van der Waals surface area contributed by atoms with Crippen LogP contribution in [0.4, 0.5) is 0 Å². The summed E-state index contributed by atoms with van der Waals surface area (Å²) in [4.78, 5) is 12.1. The molecule has 6 heteroatoms. The van der Waals surface area contributed by atoms with Crippen molar-refractivity contribution in [1.82, 2.24) is 4.72 Å². The number of hydrogen-bond acceptors (Lipinski definition) is 4. The van der Waals surface area contributed by atoms with E-state index in [-0.39, 0.29) is 5.56 Å². The summed E-state index contributed by atoms with van der Waals surface area (Å²) < 4.78 is 30.8. The summed E-state index contributed by atoms with van der Waals surface area (Å²) in [6, 6.07) is 3.66. The van der Waals surface area contributed by atoms with Crippen LogP contribution in [0.2, 0.25) is 0 Å². The van der Waals surface area contributed by atoms with Gasteiger partial charge in [0.15, 0.2) is 0 Å². The topological polar surface area (TPSA) is 76.4 Å². The lowest BCUT2D eigenvalue weighted by Crippen LogP contribution is -2.35. The summed E-state index contributed by atoms with van der Waals surface area (Å²) in [7, 11) is -3.65. The minimum atomic E-state index is -3.65. The Balaban J connectivity index is 2.44. The van der Waals surface area contributed by atoms with Crippen LogP contribution in [0.25, 0.3) is 11.0 Å². The van der Waals surface area contributed by atoms with E-state index in [2.05, 4.69) is 4.72 Å². The number of carbonyl (C=O) groups is 1. The Morgan fingerprint density at radius 1 is 1.20 bits per heavy atom. The average molecular weight is 295 g/mol. The lowest BCUT2D eigenvalue weighted by atomic mass is 10.1. The molecular formula is C14H17NO4S. The quantitative estimate of drug-likeness (QED) is 0.944. The van der Waals surface area contributed by atoms with Gasteiger partial charge in [-0.05, 0) is 51.0 Å². The first-order valence-electron chi connectivity index (χ1n) is 6.27. The molecule has 20 heavy (non-hydrogen) atoms. The number of nitrogens with one attached hydrogen (secondary N) is 1. The van der Waals surface area contributed by atoms with Crippen LogP contribution >= 0.6 is 0 Å². The monoisotopic (exact) mass is 295 g/mol. The molecule has 2 aromatic rings. The molecule has 0 aliphatic heterocycles. The maximum Gasteiger partial charge on any atom is 0.268 e. The number of carbonyl (C=O) groups excluding carboxylic acids is 1. The van der Waals surface area contributed by atoms with Crippen molar-refractivity contribution in [1.29, 1.82) is 0 Å². The van der Waals surface area contributed by atoms with Crippen molar-refractivity contribution >= 4 is 26.9 Å². The predicted molar refractivity (Wildman–Crippen MR) is 77.2 cm³/mol. The molecule has 0 fully saturated rings. The van der Waals surface area contributed by atoms with Crippen molar-refractivity contribution in [3.8, 4) is 0 Å². The van der Waals surface area contributed by atoms with Gasteiger partial charge in [0.1, 0.15) is 11.8 Å². The van der Waals surface area contributed by atoms with Crippen LogP contribution in [-0.4, -0.2) is 19.6 Å². The molecule has 1 heterocycles. The molecular weight excluding hydrogens is 278 g/mol. The maximum absolute atomic E-state index is 12.1. The van der Waals surface area contributed by atoms with Gasteiger partial charge in [0.05, 0.1) is 10.8 Å². The Hall–Kier alpha value is -1.82. The minimum absolute atomic E-state index is 0.229. The van der Waals surface area contributed by atoms with Crippen LogP contribution in [0, 0.1) is 13.8 Å². The largest absolute Gasteiger partial charge is 0.463 e. The molecule has 0 saturated carbocycles. The Kier molecular flexibility index (Phi) is 3.60. The Bertz CT molecular complexity index is 772. The second-order valence-corrected chi connectivity index (χ2v) is 7.34. The van der Waals surface area contributed by atoms with Crippen LogP contribution in [0.5, 0.6) is 0 Å². The highest BCUT2D eigenvalue weighted by Crippen LogP contribution is 2.24. The molecule has 0 unspecified atom stereocenters. The highest BCUT2D eigenvalue weighted by atomic mass is 32.2. The fraction of sp³-hybridized carbons (Fsp3) is 0.357. The molecule has 1 aromatic carbocycles. The molecule has 0 spiro atoms. The summed E-state index contributed by atoms with van der Waals surface area (Å²) in [5, 5.41) is -0.0573. The minimum Gasteiger partial charge on any atom is -0.463 e. The number of hydrogen-bond donors (Lipinski definition) is 1. The fourth-order valence-electron chi connectivity index (χ4n) is 1.76. The third-order valence-electron chi connectivity index (χ3n) is 3.29. The van der Waals surface area contributed by atoms with Crippen molar-refractivity contribution < 1.29 is 17.6 Å². The summed E-state index contributed by atoms with van der Waals surface area (Å²) in [5.74, 6) is -0.666. The molecule has 1 amide bonds. The number of amides is 1. The first-order valence-corrected chi connectivity index (χ1v) is 7.81. The molecule has 0 aliphatic carbocycles. The SMILES string of the molecule is Cc1cc2occ(C(=O)NS(=O)(=O)C(C)C)c2cc1C. The normalized spacial score (nSPS) is 12.1. The second-order valence-electron chi connectivity index (χ2n) is 5.11. The molecule has 0 saturated heterocycles. The lowest BCUT2D eigenvalue weighted by Gasteiger charge is -2.08. The molecule has 108 valence electrons. The van der Waals surface area contributed by atoms with Gasteiger partial charge in [-0.1, -0.05) is 0 Å². The van der Waals surface area contributed by atoms with Gasteiger partial charge < -0.3 is 4.42 Å². The predicted octanol–water partition coefficient (Wildman–Crippen LogP) is 2.52. The van der Waals surface area contributed by atoms with Crippen molar-refractivity contribution in [3.05, 3.63) is 35.1 Å². The van der Waals surface area contributed by atoms with Crippen molar-refractivity contribution in [2.24, 2.45) is 0 Å². The van der Waals surface area contributed by atoms with Gasteiger partial charge in [0, 0.05) is 5.39 Å². The Labute approximate surface area is 118 Å². The lowest BCUT2D eigenvalue weighted by molar-refractivity contribution is 0.0982. The molecule has 1 aromatic heterocycles. The molecule has 0 bridgehead atoms. The number of sulfonamides is 1. The van der Waals surface area contributed by atoms with Gasteiger partial charge in [0.25, 0.3) is 5.91 Å². The van der Waals surface area contributed by atoms with Crippen molar-refractivity contribution in [2.75, 3.05) is 0 Å². The zero-order valence-corrected chi connectivity index (χ0v) is 12.7. The van der Waals surface area contributed by atoms with Crippen LogP contribution < -0.4 is 4.72 Å². The number of benzene rings is 1. The van der Waals surface area contributed by atoms with Gasteiger partial charge in [-0.2, -0.15) is 0 Å². The van der Waals surface area contributed by atoms with E-state index < -0.39 is 21.2 Å². The van der Waals surface area contributed by atoms with Crippen LogP contribution in [0.1, 0.15) is 35.3 Å². The molecule has 1 N–H and O–H groups in total. The van der Waals surface area contributed by atoms with Gasteiger partial charge in [-0.25, -0.2) is 13.1 Å². The van der Waals surface area contributed by atoms with E-state index in [4.69, 9.17) is 4.42 Å². The van der Waals surface area contributed by atoms with Crippen LogP contribution in [0.3, 0.4) is 0 Å². The molecule has 5 nitrogen and oxygen atoms in total.